The summed E-state index contributed by atoms with van der Waals surface area (Å²) in [4.78, 5) is 20.4. The number of nitrogens with zero attached hydrogens (tertiary/aromatic N) is 2. The van der Waals surface area contributed by atoms with Crippen molar-refractivity contribution in [3.05, 3.63) is 54.0 Å². The number of hydrogen-bond acceptors (Lipinski definition) is 6. The molecule has 10 heteroatoms. The molecule has 2 atom stereocenters. The number of primary amides is 1. The molecule has 0 spiro atoms. The molecule has 5 N–H and O–H groups in total. The Morgan fingerprint density at radius 1 is 1.22 bits per heavy atom. The Hall–Kier alpha value is -3.40. The summed E-state index contributed by atoms with van der Waals surface area (Å²) in [5.74, 6) is -4.91. The van der Waals surface area contributed by atoms with Crippen LogP contribution in [0.25, 0.3) is 10.9 Å². The predicted octanol–water partition coefficient (Wildman–Crippen LogP) is 3.80. The highest BCUT2D eigenvalue weighted by Gasteiger charge is 2.46. The van der Waals surface area contributed by atoms with Gasteiger partial charge in [0.2, 0.25) is 0 Å². The highest BCUT2D eigenvalue weighted by atomic mass is 19.3. The average molecular weight is 444 g/mol. The van der Waals surface area contributed by atoms with E-state index >= 15 is 0 Å². The summed E-state index contributed by atoms with van der Waals surface area (Å²) in [6.45, 7) is 0. The molecule has 0 radical (unpaired) electrons. The van der Waals surface area contributed by atoms with Gasteiger partial charge in [0.1, 0.15) is 5.82 Å². The van der Waals surface area contributed by atoms with Crippen LogP contribution in [0.1, 0.15) is 29.6 Å². The van der Waals surface area contributed by atoms with Gasteiger partial charge in [0.05, 0.1) is 29.0 Å². The number of amides is 1. The molecule has 1 saturated carbocycles. The zero-order chi connectivity index (χ0) is 22.9. The minimum absolute atomic E-state index is 0.00191. The van der Waals surface area contributed by atoms with Gasteiger partial charge in [-0.1, -0.05) is 18.2 Å². The number of para-hydroxylation sites is 1. The van der Waals surface area contributed by atoms with Crippen LogP contribution in [0.4, 0.5) is 30.5 Å². The SMILES string of the molecule is CNC1C(Nc2nc(Nc3cnc4ccccc4c3)c(C(N)=O)cc2F)CCCC1(F)F. The van der Waals surface area contributed by atoms with E-state index in [-0.39, 0.29) is 30.0 Å². The van der Waals surface area contributed by atoms with Gasteiger partial charge in [0.15, 0.2) is 11.6 Å². The second-order valence-electron chi connectivity index (χ2n) is 7.79. The predicted molar refractivity (Wildman–Crippen MR) is 117 cm³/mol. The number of hydrogen-bond donors (Lipinski definition) is 4. The summed E-state index contributed by atoms with van der Waals surface area (Å²) in [6.07, 6.45) is 2.01. The van der Waals surface area contributed by atoms with E-state index < -0.39 is 29.7 Å². The van der Waals surface area contributed by atoms with Crippen molar-refractivity contribution in [2.24, 2.45) is 5.73 Å². The second kappa shape index (κ2) is 8.62. The number of nitrogens with one attached hydrogen (secondary N) is 3. The van der Waals surface area contributed by atoms with Crippen LogP contribution in [-0.4, -0.2) is 40.9 Å². The number of halogens is 3. The summed E-state index contributed by atoms with van der Waals surface area (Å²) < 4.78 is 43.3. The van der Waals surface area contributed by atoms with Gasteiger partial charge in [0.25, 0.3) is 11.8 Å². The Morgan fingerprint density at radius 3 is 2.75 bits per heavy atom. The van der Waals surface area contributed by atoms with Crippen molar-refractivity contribution in [1.82, 2.24) is 15.3 Å². The van der Waals surface area contributed by atoms with Crippen LogP contribution < -0.4 is 21.7 Å². The lowest BCUT2D eigenvalue weighted by molar-refractivity contribution is -0.0654. The first-order valence-corrected chi connectivity index (χ1v) is 10.2. The zero-order valence-corrected chi connectivity index (χ0v) is 17.3. The molecular formula is C22H23F3N6O. The molecule has 2 unspecified atom stereocenters. The van der Waals surface area contributed by atoms with Crippen molar-refractivity contribution in [1.29, 1.82) is 0 Å². The van der Waals surface area contributed by atoms with Gasteiger partial charge < -0.3 is 21.7 Å². The summed E-state index contributed by atoms with van der Waals surface area (Å²) in [5.41, 5.74) is 6.53. The van der Waals surface area contributed by atoms with E-state index in [9.17, 15) is 18.0 Å². The summed E-state index contributed by atoms with van der Waals surface area (Å²) in [5, 5.41) is 9.21. The Bertz CT molecular complexity index is 1160. The molecule has 1 aromatic carbocycles. The Kier molecular flexibility index (Phi) is 5.88. The number of nitrogens with two attached hydrogens (primary N) is 1. The van der Waals surface area contributed by atoms with E-state index in [0.717, 1.165) is 17.0 Å². The fourth-order valence-electron chi connectivity index (χ4n) is 4.07. The van der Waals surface area contributed by atoms with E-state index in [2.05, 4.69) is 25.9 Å². The molecule has 7 nitrogen and oxygen atoms in total. The normalized spacial score (nSPS) is 20.1. The number of pyridine rings is 2. The molecule has 3 aromatic rings. The van der Waals surface area contributed by atoms with Crippen molar-refractivity contribution in [2.45, 2.75) is 37.3 Å². The van der Waals surface area contributed by atoms with Crippen LogP contribution in [0.15, 0.2) is 42.6 Å². The maximum Gasteiger partial charge on any atom is 0.265 e. The fourth-order valence-corrected chi connectivity index (χ4v) is 4.07. The minimum atomic E-state index is -2.94. The molecule has 168 valence electrons. The van der Waals surface area contributed by atoms with Gasteiger partial charge >= 0.3 is 0 Å². The molecule has 0 aliphatic heterocycles. The molecule has 0 bridgehead atoms. The number of fused-ring (bicyclic) bond motifs is 1. The topological polar surface area (TPSA) is 105 Å². The van der Waals surface area contributed by atoms with Crippen molar-refractivity contribution in [3.8, 4) is 0 Å². The average Bonchev–Trinajstić information content (AvgIpc) is 2.75. The standard InChI is InChI=1S/C22H23F3N6O/c1-27-18-17(7-4-8-22(18,24)25)30-21-15(23)10-14(19(26)32)20(31-21)29-13-9-12-5-2-3-6-16(12)28-11-13/h2-3,5-6,9-11,17-18,27H,4,7-8H2,1H3,(H2,26,32)(H2,29,30,31). The second-order valence-corrected chi connectivity index (χ2v) is 7.79. The monoisotopic (exact) mass is 444 g/mol. The molecule has 1 amide bonds. The fraction of sp³-hybridized carbons (Fsp3) is 0.318. The Balaban J connectivity index is 1.67. The maximum absolute atomic E-state index is 14.7. The quantitative estimate of drug-likeness (QED) is 0.461. The third kappa shape index (κ3) is 4.31. The number of alkyl halides is 2. The number of rotatable bonds is 6. The lowest BCUT2D eigenvalue weighted by atomic mass is 9.87. The molecule has 0 saturated heterocycles. The molecule has 1 aliphatic rings. The highest BCUT2D eigenvalue weighted by molar-refractivity contribution is 5.98. The molecule has 2 heterocycles. The van der Waals surface area contributed by atoms with E-state index in [4.69, 9.17) is 5.73 Å². The Morgan fingerprint density at radius 2 is 2.00 bits per heavy atom. The van der Waals surface area contributed by atoms with Gasteiger partial charge in [-0.2, -0.15) is 0 Å². The molecule has 4 rings (SSSR count). The molecule has 1 aliphatic carbocycles. The van der Waals surface area contributed by atoms with Crippen molar-refractivity contribution < 1.29 is 18.0 Å². The van der Waals surface area contributed by atoms with Gasteiger partial charge in [0, 0.05) is 17.8 Å². The minimum Gasteiger partial charge on any atom is -0.365 e. The molecular weight excluding hydrogens is 421 g/mol. The summed E-state index contributed by atoms with van der Waals surface area (Å²) >= 11 is 0. The van der Waals surface area contributed by atoms with Crippen LogP contribution in [0.5, 0.6) is 0 Å². The number of carbonyl (C=O) groups excluding carboxylic acids is 1. The van der Waals surface area contributed by atoms with E-state index in [1.807, 2.05) is 24.3 Å². The van der Waals surface area contributed by atoms with Crippen LogP contribution in [-0.2, 0) is 0 Å². The van der Waals surface area contributed by atoms with Crippen LogP contribution >= 0.6 is 0 Å². The number of anilines is 3. The van der Waals surface area contributed by atoms with Crippen molar-refractivity contribution in [3.63, 3.8) is 0 Å². The molecule has 2 aromatic heterocycles. The van der Waals surface area contributed by atoms with E-state index in [1.165, 1.54) is 7.05 Å². The number of benzene rings is 1. The number of likely N-dealkylation sites (N-methyl/N-ethyl adjacent to an activating group) is 1. The van der Waals surface area contributed by atoms with Crippen molar-refractivity contribution >= 4 is 34.1 Å². The smallest absolute Gasteiger partial charge is 0.265 e. The zero-order valence-electron chi connectivity index (χ0n) is 17.3. The third-order valence-corrected chi connectivity index (χ3v) is 5.61. The van der Waals surface area contributed by atoms with Gasteiger partial charge in [-0.05, 0) is 38.1 Å². The summed E-state index contributed by atoms with van der Waals surface area (Å²) in [6, 6.07) is 8.25. The first kappa shape index (κ1) is 21.8. The van der Waals surface area contributed by atoms with Crippen LogP contribution in [0.3, 0.4) is 0 Å². The first-order valence-electron chi connectivity index (χ1n) is 10.2. The maximum atomic E-state index is 14.7. The van der Waals surface area contributed by atoms with Gasteiger partial charge in [-0.25, -0.2) is 18.2 Å². The van der Waals surface area contributed by atoms with Gasteiger partial charge in [-0.3, -0.25) is 9.78 Å². The van der Waals surface area contributed by atoms with Crippen LogP contribution in [0.2, 0.25) is 0 Å². The van der Waals surface area contributed by atoms with E-state index in [0.29, 0.717) is 12.1 Å². The number of aromatic nitrogens is 2. The third-order valence-electron chi connectivity index (χ3n) is 5.61. The lowest BCUT2D eigenvalue weighted by Gasteiger charge is -2.38. The molecule has 32 heavy (non-hydrogen) atoms. The largest absolute Gasteiger partial charge is 0.365 e. The Labute approximate surface area is 182 Å². The lowest BCUT2D eigenvalue weighted by Crippen LogP contribution is -2.56. The number of carbonyl (C=O) groups is 1. The summed E-state index contributed by atoms with van der Waals surface area (Å²) in [7, 11) is 1.44. The van der Waals surface area contributed by atoms with Crippen LogP contribution in [0, 0.1) is 5.82 Å². The van der Waals surface area contributed by atoms with Gasteiger partial charge in [-0.15, -0.1) is 0 Å². The van der Waals surface area contributed by atoms with Crippen molar-refractivity contribution in [2.75, 3.05) is 17.7 Å². The van der Waals surface area contributed by atoms with E-state index in [1.54, 1.807) is 12.3 Å². The first-order chi connectivity index (χ1) is 15.3. The molecule has 1 fully saturated rings. The highest BCUT2D eigenvalue weighted by Crippen LogP contribution is 2.35.